The van der Waals surface area contributed by atoms with Crippen LogP contribution in [-0.2, 0) is 0 Å². The molecule has 0 aliphatic carbocycles. The second-order valence-electron chi connectivity index (χ2n) is 11.7. The van der Waals surface area contributed by atoms with Crippen molar-refractivity contribution in [2.75, 3.05) is 0 Å². The number of rotatable bonds is 4. The van der Waals surface area contributed by atoms with Crippen molar-refractivity contribution in [2.24, 2.45) is 0 Å². The summed E-state index contributed by atoms with van der Waals surface area (Å²) < 4.78 is 4.48. The van der Waals surface area contributed by atoms with E-state index >= 15 is 0 Å². The summed E-state index contributed by atoms with van der Waals surface area (Å²) in [5.41, 5.74) is 7.68. The second-order valence-corrected chi connectivity index (χ2v) is 12.8. The molecule has 0 saturated heterocycles. The van der Waals surface area contributed by atoms with Gasteiger partial charge in [0.1, 0.15) is 5.52 Å². The van der Waals surface area contributed by atoms with Crippen LogP contribution in [0, 0.1) is 0 Å². The molecule has 0 aliphatic heterocycles. The number of para-hydroxylation sites is 1. The lowest BCUT2D eigenvalue weighted by Crippen LogP contribution is -2.06. The van der Waals surface area contributed by atoms with Crippen LogP contribution in [0.5, 0.6) is 0 Å². The predicted molar refractivity (Wildman–Crippen MR) is 196 cm³/mol. The lowest BCUT2D eigenvalue weighted by molar-refractivity contribution is 0.955. The Morgan fingerprint density at radius 2 is 1.04 bits per heavy atom. The Bertz CT molecular complexity index is 2770. The van der Waals surface area contributed by atoms with E-state index in [0.717, 1.165) is 70.0 Å². The number of hydrogen-bond acceptors (Lipinski definition) is 6. The standard InChI is InChI=1S/C41H24N6S/c1-4-12-25(13-5-1)33-24-42-35-32(43-33)23-22-30-31-21-20-29-28-18-10-11-19-34(28)47(36(29)38(31)48-37(30)35)41-45-39(26-14-6-2-7-15-26)44-40(46-41)27-16-8-3-9-17-27/h1-24H. The van der Waals surface area contributed by atoms with E-state index in [1.54, 1.807) is 11.3 Å². The molecule has 0 spiro atoms. The first kappa shape index (κ1) is 26.9. The third kappa shape index (κ3) is 4.15. The second kappa shape index (κ2) is 10.6. The van der Waals surface area contributed by atoms with Gasteiger partial charge in [0.25, 0.3) is 0 Å². The first-order chi connectivity index (χ1) is 23.8. The SMILES string of the molecule is c1ccc(-c2cnc3c(ccc4c5ccc6c7ccccc7n(-c7nc(-c8ccccc8)nc(-c8ccccc8)n7)c6c5sc43)n2)cc1. The quantitative estimate of drug-likeness (QED) is 0.193. The molecular formula is C41H24N6S. The van der Waals surface area contributed by atoms with Crippen LogP contribution in [-0.4, -0.2) is 29.5 Å². The molecule has 0 amide bonds. The van der Waals surface area contributed by atoms with E-state index in [1.165, 1.54) is 5.39 Å². The summed E-state index contributed by atoms with van der Waals surface area (Å²) in [6.45, 7) is 0. The lowest BCUT2D eigenvalue weighted by Gasteiger charge is -2.11. The van der Waals surface area contributed by atoms with Gasteiger partial charge < -0.3 is 0 Å². The van der Waals surface area contributed by atoms with Crippen molar-refractivity contribution >= 4 is 64.3 Å². The van der Waals surface area contributed by atoms with E-state index in [2.05, 4.69) is 65.2 Å². The molecule has 10 aromatic rings. The topological polar surface area (TPSA) is 69.4 Å². The van der Waals surface area contributed by atoms with E-state index in [0.29, 0.717) is 17.6 Å². The molecule has 0 bridgehead atoms. The molecule has 0 saturated carbocycles. The Kier molecular flexibility index (Phi) is 5.94. The van der Waals surface area contributed by atoms with Gasteiger partial charge in [-0.25, -0.2) is 9.97 Å². The molecule has 4 aromatic heterocycles. The zero-order chi connectivity index (χ0) is 31.6. The monoisotopic (exact) mass is 632 g/mol. The van der Waals surface area contributed by atoms with Crippen LogP contribution in [0.15, 0.2) is 146 Å². The van der Waals surface area contributed by atoms with Crippen LogP contribution in [0.3, 0.4) is 0 Å². The van der Waals surface area contributed by atoms with Gasteiger partial charge in [-0.1, -0.05) is 127 Å². The molecule has 0 aliphatic rings. The van der Waals surface area contributed by atoms with Crippen molar-refractivity contribution < 1.29 is 0 Å². The fraction of sp³-hybridized carbons (Fsp3) is 0. The summed E-state index contributed by atoms with van der Waals surface area (Å²) in [4.78, 5) is 25.2. The lowest BCUT2D eigenvalue weighted by atomic mass is 10.1. The number of hydrogen-bond donors (Lipinski definition) is 0. The van der Waals surface area contributed by atoms with E-state index in [1.807, 2.05) is 85.1 Å². The maximum absolute atomic E-state index is 5.14. The first-order valence-electron chi connectivity index (χ1n) is 15.8. The van der Waals surface area contributed by atoms with E-state index in [-0.39, 0.29) is 0 Å². The van der Waals surface area contributed by atoms with Crippen LogP contribution in [0.25, 0.3) is 93.0 Å². The first-order valence-corrected chi connectivity index (χ1v) is 16.6. The molecule has 0 N–H and O–H groups in total. The summed E-state index contributed by atoms with van der Waals surface area (Å²) in [5, 5.41) is 4.62. The van der Waals surface area contributed by atoms with Crippen LogP contribution in [0.2, 0.25) is 0 Å². The van der Waals surface area contributed by atoms with E-state index < -0.39 is 0 Å². The molecule has 0 atom stereocenters. The Balaban J connectivity index is 1.28. The molecule has 6 nitrogen and oxygen atoms in total. The predicted octanol–water partition coefficient (Wildman–Crippen LogP) is 10.3. The Morgan fingerprint density at radius 3 is 1.75 bits per heavy atom. The summed E-state index contributed by atoms with van der Waals surface area (Å²) in [6, 6.07) is 47.7. The number of fused-ring (bicyclic) bond motifs is 9. The van der Waals surface area contributed by atoms with Gasteiger partial charge in [0.2, 0.25) is 5.95 Å². The van der Waals surface area contributed by atoms with Gasteiger partial charge in [-0.3, -0.25) is 9.55 Å². The number of nitrogens with zero attached hydrogens (tertiary/aromatic N) is 6. The van der Waals surface area contributed by atoms with Crippen molar-refractivity contribution in [1.29, 1.82) is 0 Å². The Morgan fingerprint density at radius 1 is 0.458 bits per heavy atom. The zero-order valence-electron chi connectivity index (χ0n) is 25.4. The van der Waals surface area contributed by atoms with Gasteiger partial charge in [-0.2, -0.15) is 9.97 Å². The minimum atomic E-state index is 0.580. The molecule has 48 heavy (non-hydrogen) atoms. The van der Waals surface area contributed by atoms with Crippen LogP contribution >= 0.6 is 11.3 Å². The highest BCUT2D eigenvalue weighted by Gasteiger charge is 2.22. The molecule has 6 aromatic carbocycles. The number of thiophene rings is 1. The van der Waals surface area contributed by atoms with Crippen LogP contribution in [0.1, 0.15) is 0 Å². The maximum atomic E-state index is 5.14. The van der Waals surface area contributed by atoms with E-state index in [9.17, 15) is 0 Å². The highest BCUT2D eigenvalue weighted by molar-refractivity contribution is 7.27. The third-order valence-corrected chi connectivity index (χ3v) is 10.1. The average molecular weight is 633 g/mol. The molecule has 10 rings (SSSR count). The third-order valence-electron chi connectivity index (χ3n) is 8.91. The van der Waals surface area contributed by atoms with Gasteiger partial charge >= 0.3 is 0 Å². The van der Waals surface area contributed by atoms with Gasteiger partial charge in [0.15, 0.2) is 11.6 Å². The molecule has 4 heterocycles. The van der Waals surface area contributed by atoms with Crippen molar-refractivity contribution in [3.05, 3.63) is 146 Å². The summed E-state index contributed by atoms with van der Waals surface area (Å²) >= 11 is 1.75. The average Bonchev–Trinajstić information content (AvgIpc) is 3.72. The molecule has 7 heteroatoms. The van der Waals surface area contributed by atoms with Gasteiger partial charge in [0, 0.05) is 38.2 Å². The largest absolute Gasteiger partial charge is 0.276 e. The van der Waals surface area contributed by atoms with Gasteiger partial charge in [0.05, 0.1) is 37.8 Å². The molecule has 0 fully saturated rings. The minimum absolute atomic E-state index is 0.580. The van der Waals surface area contributed by atoms with Crippen molar-refractivity contribution in [2.45, 2.75) is 0 Å². The normalized spacial score (nSPS) is 11.8. The summed E-state index contributed by atoms with van der Waals surface area (Å²) in [5.74, 6) is 1.84. The van der Waals surface area contributed by atoms with Crippen molar-refractivity contribution in [1.82, 2.24) is 29.5 Å². The molecule has 224 valence electrons. The van der Waals surface area contributed by atoms with Crippen LogP contribution < -0.4 is 0 Å². The Hall–Kier alpha value is -6.31. The Labute approximate surface area is 278 Å². The minimum Gasteiger partial charge on any atom is -0.276 e. The van der Waals surface area contributed by atoms with E-state index in [4.69, 9.17) is 24.9 Å². The number of aromatic nitrogens is 6. The summed E-state index contributed by atoms with van der Waals surface area (Å²) in [6.07, 6.45) is 1.88. The molecular weight excluding hydrogens is 609 g/mol. The maximum Gasteiger partial charge on any atom is 0.238 e. The zero-order valence-corrected chi connectivity index (χ0v) is 26.3. The highest BCUT2D eigenvalue weighted by Crippen LogP contribution is 2.44. The van der Waals surface area contributed by atoms with Crippen molar-refractivity contribution in [3.63, 3.8) is 0 Å². The van der Waals surface area contributed by atoms with Crippen LogP contribution in [0.4, 0.5) is 0 Å². The smallest absolute Gasteiger partial charge is 0.238 e. The van der Waals surface area contributed by atoms with Gasteiger partial charge in [-0.05, 0) is 12.1 Å². The highest BCUT2D eigenvalue weighted by atomic mass is 32.1. The molecule has 0 unspecified atom stereocenters. The van der Waals surface area contributed by atoms with Gasteiger partial charge in [-0.15, -0.1) is 11.3 Å². The summed E-state index contributed by atoms with van der Waals surface area (Å²) in [7, 11) is 0. The molecule has 0 radical (unpaired) electrons. The fourth-order valence-corrected chi connectivity index (χ4v) is 8.01. The number of benzene rings is 6. The van der Waals surface area contributed by atoms with Crippen molar-refractivity contribution in [3.8, 4) is 40.0 Å². The fourth-order valence-electron chi connectivity index (χ4n) is 6.67.